The highest BCUT2D eigenvalue weighted by Gasteiger charge is 2.35. The number of halogens is 4. The molecule has 1 atom stereocenters. The second-order valence-corrected chi connectivity index (χ2v) is 8.69. The molecule has 0 aliphatic carbocycles. The van der Waals surface area contributed by atoms with Gasteiger partial charge in [-0.3, -0.25) is 9.79 Å². The minimum atomic E-state index is -4.82. The van der Waals surface area contributed by atoms with Crippen LogP contribution in [-0.4, -0.2) is 25.6 Å². The number of hydrogen-bond donors (Lipinski definition) is 1. The lowest BCUT2D eigenvalue weighted by Gasteiger charge is -2.18. The number of pyridine rings is 2. The maximum Gasteiger partial charge on any atom is 0.419 e. The van der Waals surface area contributed by atoms with Gasteiger partial charge in [0.15, 0.2) is 5.49 Å². The maximum atomic E-state index is 14.8. The Hall–Kier alpha value is -4.02. The number of nitrogens with one attached hydrogen (secondary N) is 1. The van der Waals surface area contributed by atoms with Crippen molar-refractivity contribution >= 4 is 5.82 Å². The molecule has 36 heavy (non-hydrogen) atoms. The van der Waals surface area contributed by atoms with Crippen molar-refractivity contribution in [2.75, 3.05) is 11.9 Å². The number of anilines is 1. The predicted octanol–water partition coefficient (Wildman–Crippen LogP) is 4.30. The van der Waals surface area contributed by atoms with E-state index in [4.69, 9.17) is 0 Å². The molecule has 0 amide bonds. The fourth-order valence-electron chi connectivity index (χ4n) is 4.42. The van der Waals surface area contributed by atoms with Crippen molar-refractivity contribution in [3.8, 4) is 22.5 Å². The molecule has 0 radical (unpaired) electrons. The van der Waals surface area contributed by atoms with Gasteiger partial charge in [0, 0.05) is 43.5 Å². The standard InChI is InChI=1S/C25H22F4N6O/c1-13(16-5-4-6-19(21(16)26)25(27,28)29)31-22-18-12-17(15-7-9-34(3)20(36)11-15)23-30-8-10-35(23)24(18)33-14(2)32-22/h4-7,9,11-13,30H,8,10H2,1-3H3. The molecular weight excluding hydrogens is 476 g/mol. The molecule has 1 unspecified atom stereocenters. The third-order valence-electron chi connectivity index (χ3n) is 6.23. The molecule has 1 N–H and O–H groups in total. The Balaban J connectivity index is 1.73. The number of rotatable bonds is 3. The topological polar surface area (TPSA) is 77.1 Å². The Bertz CT molecular complexity index is 1590. The number of fused-ring (bicyclic) bond motifs is 3. The van der Waals surface area contributed by atoms with Gasteiger partial charge in [0.1, 0.15) is 23.3 Å². The van der Waals surface area contributed by atoms with Crippen molar-refractivity contribution in [1.29, 1.82) is 0 Å². The molecule has 11 heteroatoms. The highest BCUT2D eigenvalue weighted by atomic mass is 19.4. The van der Waals surface area contributed by atoms with Crippen LogP contribution in [0.15, 0.2) is 52.4 Å². The number of benzene rings is 1. The summed E-state index contributed by atoms with van der Waals surface area (Å²) < 4.78 is 57.9. The van der Waals surface area contributed by atoms with Gasteiger partial charge in [0.05, 0.1) is 17.2 Å². The molecule has 3 aliphatic rings. The first kappa shape index (κ1) is 23.7. The van der Waals surface area contributed by atoms with Crippen LogP contribution in [0, 0.1) is 12.7 Å². The summed E-state index contributed by atoms with van der Waals surface area (Å²) in [6.45, 7) is 4.47. The lowest BCUT2D eigenvalue weighted by Crippen LogP contribution is -2.21. The van der Waals surface area contributed by atoms with Gasteiger partial charge in [0.2, 0.25) is 0 Å². The van der Waals surface area contributed by atoms with Gasteiger partial charge in [0.25, 0.3) is 5.56 Å². The van der Waals surface area contributed by atoms with E-state index >= 15 is 0 Å². The summed E-state index contributed by atoms with van der Waals surface area (Å²) in [5.41, 5.74) is 0.496. The number of nitrogens with zero attached hydrogens (tertiary/aromatic N) is 5. The Labute approximate surface area is 203 Å². The molecule has 0 saturated carbocycles. The molecule has 5 rings (SSSR count). The van der Waals surface area contributed by atoms with Gasteiger partial charge in [-0.15, -0.1) is 0 Å². The average Bonchev–Trinajstić information content (AvgIpc) is 3.30. The van der Waals surface area contributed by atoms with Crippen LogP contribution in [0.3, 0.4) is 0 Å². The second-order valence-electron chi connectivity index (χ2n) is 8.69. The van der Waals surface area contributed by atoms with Crippen LogP contribution < -0.4 is 16.4 Å². The van der Waals surface area contributed by atoms with E-state index in [0.717, 1.165) is 11.4 Å². The molecular formula is C25H22F4N6O. The summed E-state index contributed by atoms with van der Waals surface area (Å²) in [6, 6.07) is 7.36. The second kappa shape index (κ2) is 8.58. The number of alkyl halides is 3. The third-order valence-corrected chi connectivity index (χ3v) is 6.23. The highest BCUT2D eigenvalue weighted by molar-refractivity contribution is 5.82. The van der Waals surface area contributed by atoms with Crippen molar-refractivity contribution in [3.63, 3.8) is 0 Å². The minimum Gasteiger partial charge on any atom is -0.369 e. The zero-order valence-corrected chi connectivity index (χ0v) is 19.7. The smallest absolute Gasteiger partial charge is 0.369 e. The van der Waals surface area contributed by atoms with Crippen LogP contribution in [0.5, 0.6) is 0 Å². The van der Waals surface area contributed by atoms with Crippen molar-refractivity contribution < 1.29 is 17.6 Å². The van der Waals surface area contributed by atoms with E-state index < -0.39 is 23.6 Å². The van der Waals surface area contributed by atoms with E-state index in [2.05, 4.69) is 20.3 Å². The Morgan fingerprint density at radius 3 is 2.64 bits per heavy atom. The van der Waals surface area contributed by atoms with E-state index in [0.29, 0.717) is 41.9 Å². The van der Waals surface area contributed by atoms with Crippen LogP contribution in [0.4, 0.5) is 23.4 Å². The molecule has 1 aromatic heterocycles. The van der Waals surface area contributed by atoms with E-state index in [-0.39, 0.29) is 16.6 Å². The fraction of sp³-hybridized carbons (Fsp3) is 0.280. The van der Waals surface area contributed by atoms with Crippen LogP contribution in [0.25, 0.3) is 22.5 Å². The fourth-order valence-corrected chi connectivity index (χ4v) is 4.42. The van der Waals surface area contributed by atoms with Crippen LogP contribution in [-0.2, 0) is 19.8 Å². The summed E-state index contributed by atoms with van der Waals surface area (Å²) >= 11 is 0. The largest absolute Gasteiger partial charge is 0.419 e. The van der Waals surface area contributed by atoms with Crippen LogP contribution in [0.1, 0.15) is 29.9 Å². The SMILES string of the molecule is Cc1nc2n3c(c(-c4ccn(C)c(=O)c4)cc-2c(=NC(C)c2cccc(C(F)(F)F)c2F)n1)NCC3. The Morgan fingerprint density at radius 2 is 1.92 bits per heavy atom. The van der Waals surface area contributed by atoms with Crippen LogP contribution in [0.2, 0.25) is 0 Å². The molecule has 0 bridgehead atoms. The molecule has 7 nitrogen and oxygen atoms in total. The van der Waals surface area contributed by atoms with Gasteiger partial charge in [-0.2, -0.15) is 13.2 Å². The zero-order chi connectivity index (χ0) is 25.8. The van der Waals surface area contributed by atoms with E-state index in [1.807, 2.05) is 16.7 Å². The summed E-state index contributed by atoms with van der Waals surface area (Å²) in [5, 5.41) is 3.33. The van der Waals surface area contributed by atoms with Crippen molar-refractivity contribution in [2.45, 2.75) is 32.6 Å². The first-order valence-corrected chi connectivity index (χ1v) is 11.3. The normalized spacial score (nSPS) is 14.7. The molecule has 3 aliphatic heterocycles. The number of aromatic nitrogens is 4. The Morgan fingerprint density at radius 1 is 1.14 bits per heavy atom. The van der Waals surface area contributed by atoms with E-state index in [1.54, 1.807) is 20.2 Å². The summed E-state index contributed by atoms with van der Waals surface area (Å²) in [6.07, 6.45) is -3.15. The first-order valence-electron chi connectivity index (χ1n) is 11.3. The van der Waals surface area contributed by atoms with Crippen molar-refractivity contribution in [3.05, 3.63) is 81.2 Å². The molecule has 0 fully saturated rings. The average molecular weight is 498 g/mol. The lowest BCUT2D eigenvalue weighted by atomic mass is 10.0. The summed E-state index contributed by atoms with van der Waals surface area (Å²) in [5.74, 6) is 0.444. The summed E-state index contributed by atoms with van der Waals surface area (Å²) in [7, 11) is 1.66. The molecule has 0 saturated heterocycles. The van der Waals surface area contributed by atoms with E-state index in [1.165, 1.54) is 29.7 Å². The van der Waals surface area contributed by atoms with Gasteiger partial charge < -0.3 is 14.5 Å². The zero-order valence-electron chi connectivity index (χ0n) is 19.7. The molecule has 1 aromatic carbocycles. The monoisotopic (exact) mass is 498 g/mol. The van der Waals surface area contributed by atoms with Crippen molar-refractivity contribution in [1.82, 2.24) is 19.1 Å². The number of aryl methyl sites for hydroxylation is 2. The highest BCUT2D eigenvalue weighted by Crippen LogP contribution is 2.36. The van der Waals surface area contributed by atoms with Gasteiger partial charge in [-0.1, -0.05) is 12.1 Å². The molecule has 4 heterocycles. The first-order chi connectivity index (χ1) is 17.0. The van der Waals surface area contributed by atoms with Gasteiger partial charge in [-0.05, 0) is 37.6 Å². The minimum absolute atomic E-state index is 0.178. The molecule has 0 spiro atoms. The van der Waals surface area contributed by atoms with Crippen LogP contribution >= 0.6 is 0 Å². The lowest BCUT2D eigenvalue weighted by molar-refractivity contribution is -0.140. The van der Waals surface area contributed by atoms with E-state index in [9.17, 15) is 22.4 Å². The predicted molar refractivity (Wildman–Crippen MR) is 126 cm³/mol. The number of hydrogen-bond acceptors (Lipinski definition) is 5. The Kier molecular flexibility index (Phi) is 5.65. The van der Waals surface area contributed by atoms with Gasteiger partial charge in [-0.25, -0.2) is 14.4 Å². The van der Waals surface area contributed by atoms with Gasteiger partial charge >= 0.3 is 6.18 Å². The third kappa shape index (κ3) is 4.04. The maximum absolute atomic E-state index is 14.8. The molecule has 186 valence electrons. The molecule has 2 aromatic rings. The van der Waals surface area contributed by atoms with Crippen molar-refractivity contribution in [2.24, 2.45) is 12.0 Å². The quantitative estimate of drug-likeness (QED) is 0.428. The summed E-state index contributed by atoms with van der Waals surface area (Å²) in [4.78, 5) is 25.9.